The Labute approximate surface area is 155 Å². The number of anilines is 1. The number of thiazole rings is 1. The van der Waals surface area contributed by atoms with E-state index in [0.29, 0.717) is 5.56 Å². The molecule has 4 rings (SSSR count). The normalized spacial score (nSPS) is 10.5. The number of nitrogens with one attached hydrogen (secondary N) is 1. The molecule has 4 aromatic rings. The van der Waals surface area contributed by atoms with Gasteiger partial charge < -0.3 is 5.32 Å². The van der Waals surface area contributed by atoms with E-state index in [1.165, 1.54) is 0 Å². The molecule has 0 saturated heterocycles. The Hall–Kier alpha value is -3.31. The fourth-order valence-electron chi connectivity index (χ4n) is 2.53. The van der Waals surface area contributed by atoms with E-state index >= 15 is 0 Å². The van der Waals surface area contributed by atoms with Crippen LogP contribution in [0.2, 0.25) is 0 Å². The van der Waals surface area contributed by atoms with Gasteiger partial charge in [0.15, 0.2) is 0 Å². The Bertz CT molecular complexity index is 1010. The molecule has 1 amide bonds. The number of amides is 1. The van der Waals surface area contributed by atoms with Crippen LogP contribution in [0.4, 0.5) is 5.69 Å². The summed E-state index contributed by atoms with van der Waals surface area (Å²) in [5.41, 5.74) is 4.16. The molecule has 26 heavy (non-hydrogen) atoms. The Kier molecular flexibility index (Phi) is 4.53. The standard InChI is InChI=1S/C21H15N3OS/c25-20(16-6-2-1-3-7-16)23-17-11-9-15(10-12-17)19-14-26-21(24-19)18-8-4-5-13-22-18/h1-14H,(H,23,25). The molecule has 0 aliphatic rings. The molecule has 0 bridgehead atoms. The molecule has 126 valence electrons. The lowest BCUT2D eigenvalue weighted by Crippen LogP contribution is -2.11. The molecular formula is C21H15N3OS. The highest BCUT2D eigenvalue weighted by Crippen LogP contribution is 2.28. The fourth-order valence-corrected chi connectivity index (χ4v) is 3.33. The lowest BCUT2D eigenvalue weighted by atomic mass is 10.1. The summed E-state index contributed by atoms with van der Waals surface area (Å²) >= 11 is 1.57. The van der Waals surface area contributed by atoms with E-state index in [1.54, 1.807) is 29.7 Å². The molecule has 5 heteroatoms. The lowest BCUT2D eigenvalue weighted by Gasteiger charge is -2.06. The second-order valence-corrected chi connectivity index (χ2v) is 6.51. The van der Waals surface area contributed by atoms with Crippen molar-refractivity contribution in [2.24, 2.45) is 0 Å². The predicted octanol–water partition coefficient (Wildman–Crippen LogP) is 5.12. The average Bonchev–Trinajstić information content (AvgIpc) is 3.20. The second-order valence-electron chi connectivity index (χ2n) is 5.65. The maximum atomic E-state index is 12.2. The quantitative estimate of drug-likeness (QED) is 0.551. The van der Waals surface area contributed by atoms with Crippen LogP contribution in [0.1, 0.15) is 10.4 Å². The number of hydrogen-bond donors (Lipinski definition) is 1. The van der Waals surface area contributed by atoms with E-state index in [9.17, 15) is 4.79 Å². The number of rotatable bonds is 4. The number of carbonyl (C=O) groups is 1. The van der Waals surface area contributed by atoms with Gasteiger partial charge in [-0.15, -0.1) is 11.3 Å². The minimum Gasteiger partial charge on any atom is -0.322 e. The smallest absolute Gasteiger partial charge is 0.255 e. The van der Waals surface area contributed by atoms with E-state index in [-0.39, 0.29) is 5.91 Å². The van der Waals surface area contributed by atoms with Crippen LogP contribution < -0.4 is 5.32 Å². The molecule has 0 spiro atoms. The van der Waals surface area contributed by atoms with Crippen molar-refractivity contribution in [1.29, 1.82) is 0 Å². The molecule has 0 aliphatic heterocycles. The van der Waals surface area contributed by atoms with Crippen molar-refractivity contribution < 1.29 is 4.79 Å². The highest BCUT2D eigenvalue weighted by molar-refractivity contribution is 7.13. The van der Waals surface area contributed by atoms with Gasteiger partial charge in [-0.25, -0.2) is 4.98 Å². The molecule has 0 radical (unpaired) electrons. The summed E-state index contributed by atoms with van der Waals surface area (Å²) in [6.07, 6.45) is 1.76. The summed E-state index contributed by atoms with van der Waals surface area (Å²) in [4.78, 5) is 21.2. The van der Waals surface area contributed by atoms with Crippen LogP contribution >= 0.6 is 11.3 Å². The molecule has 0 unspecified atom stereocenters. The lowest BCUT2D eigenvalue weighted by molar-refractivity contribution is 0.102. The van der Waals surface area contributed by atoms with Gasteiger partial charge >= 0.3 is 0 Å². The zero-order valence-corrected chi connectivity index (χ0v) is 14.6. The monoisotopic (exact) mass is 357 g/mol. The largest absolute Gasteiger partial charge is 0.322 e. The van der Waals surface area contributed by atoms with Gasteiger partial charge in [-0.1, -0.05) is 36.4 Å². The van der Waals surface area contributed by atoms with Crippen LogP contribution in [0, 0.1) is 0 Å². The molecule has 0 fully saturated rings. The maximum Gasteiger partial charge on any atom is 0.255 e. The van der Waals surface area contributed by atoms with Crippen LogP contribution in [0.5, 0.6) is 0 Å². The van der Waals surface area contributed by atoms with E-state index in [4.69, 9.17) is 0 Å². The van der Waals surface area contributed by atoms with Gasteiger partial charge in [0.1, 0.15) is 5.01 Å². The molecule has 4 nitrogen and oxygen atoms in total. The Balaban J connectivity index is 1.50. The molecule has 2 aromatic heterocycles. The average molecular weight is 357 g/mol. The minimum absolute atomic E-state index is 0.121. The van der Waals surface area contributed by atoms with Crippen molar-refractivity contribution in [2.45, 2.75) is 0 Å². The number of aromatic nitrogens is 2. The molecule has 2 heterocycles. The van der Waals surface area contributed by atoms with Crippen LogP contribution in [0.3, 0.4) is 0 Å². The van der Waals surface area contributed by atoms with Gasteiger partial charge in [0, 0.05) is 28.4 Å². The molecule has 0 saturated carbocycles. The highest BCUT2D eigenvalue weighted by Gasteiger charge is 2.09. The fraction of sp³-hybridized carbons (Fsp3) is 0. The molecule has 0 atom stereocenters. The first-order valence-electron chi connectivity index (χ1n) is 8.13. The van der Waals surface area contributed by atoms with Gasteiger partial charge in [0.05, 0.1) is 11.4 Å². The van der Waals surface area contributed by atoms with Crippen LogP contribution in [0.15, 0.2) is 84.4 Å². The maximum absolute atomic E-state index is 12.2. The molecular weight excluding hydrogens is 342 g/mol. The number of hydrogen-bond acceptors (Lipinski definition) is 4. The summed E-state index contributed by atoms with van der Waals surface area (Å²) in [5, 5.41) is 5.81. The summed E-state index contributed by atoms with van der Waals surface area (Å²) in [7, 11) is 0. The van der Waals surface area contributed by atoms with Crippen molar-refractivity contribution in [3.63, 3.8) is 0 Å². The second kappa shape index (κ2) is 7.29. The van der Waals surface area contributed by atoms with E-state index in [1.807, 2.05) is 66.0 Å². The predicted molar refractivity (Wildman–Crippen MR) is 105 cm³/mol. The zero-order chi connectivity index (χ0) is 17.8. The van der Waals surface area contributed by atoms with Gasteiger partial charge in [-0.3, -0.25) is 9.78 Å². The third kappa shape index (κ3) is 3.53. The van der Waals surface area contributed by atoms with Crippen LogP contribution in [0.25, 0.3) is 22.0 Å². The molecule has 1 N–H and O–H groups in total. The first kappa shape index (κ1) is 16.2. The molecule has 2 aromatic carbocycles. The van der Waals surface area contributed by atoms with Crippen molar-refractivity contribution >= 4 is 22.9 Å². The van der Waals surface area contributed by atoms with Gasteiger partial charge in [0.2, 0.25) is 0 Å². The SMILES string of the molecule is O=C(Nc1ccc(-c2csc(-c3ccccn3)n2)cc1)c1ccccc1. The third-order valence-electron chi connectivity index (χ3n) is 3.86. The molecule has 0 aliphatic carbocycles. The van der Waals surface area contributed by atoms with E-state index < -0.39 is 0 Å². The Morgan fingerprint density at radius 1 is 0.846 bits per heavy atom. The summed E-state index contributed by atoms with van der Waals surface area (Å²) in [5.74, 6) is -0.121. The van der Waals surface area contributed by atoms with Gasteiger partial charge in [0.25, 0.3) is 5.91 Å². The Morgan fingerprint density at radius 2 is 1.62 bits per heavy atom. The summed E-state index contributed by atoms with van der Waals surface area (Å²) in [6, 6.07) is 22.6. The Morgan fingerprint density at radius 3 is 2.35 bits per heavy atom. The number of benzene rings is 2. The minimum atomic E-state index is -0.121. The van der Waals surface area contributed by atoms with Crippen molar-refractivity contribution in [3.8, 4) is 22.0 Å². The van der Waals surface area contributed by atoms with Crippen molar-refractivity contribution in [1.82, 2.24) is 9.97 Å². The van der Waals surface area contributed by atoms with E-state index in [2.05, 4.69) is 15.3 Å². The van der Waals surface area contributed by atoms with Crippen molar-refractivity contribution in [3.05, 3.63) is 89.9 Å². The van der Waals surface area contributed by atoms with E-state index in [0.717, 1.165) is 27.6 Å². The zero-order valence-electron chi connectivity index (χ0n) is 13.8. The van der Waals surface area contributed by atoms with Gasteiger partial charge in [-0.2, -0.15) is 0 Å². The van der Waals surface area contributed by atoms with Gasteiger partial charge in [-0.05, 0) is 36.4 Å². The highest BCUT2D eigenvalue weighted by atomic mass is 32.1. The summed E-state index contributed by atoms with van der Waals surface area (Å²) in [6.45, 7) is 0. The first-order valence-corrected chi connectivity index (χ1v) is 9.01. The number of carbonyl (C=O) groups excluding carboxylic acids is 1. The number of nitrogens with zero attached hydrogens (tertiary/aromatic N) is 2. The van der Waals surface area contributed by atoms with Crippen molar-refractivity contribution in [2.75, 3.05) is 5.32 Å². The first-order chi connectivity index (χ1) is 12.8. The van der Waals surface area contributed by atoms with Crippen LogP contribution in [-0.2, 0) is 0 Å². The number of pyridine rings is 1. The van der Waals surface area contributed by atoms with Crippen LogP contribution in [-0.4, -0.2) is 15.9 Å². The third-order valence-corrected chi connectivity index (χ3v) is 4.73. The summed E-state index contributed by atoms with van der Waals surface area (Å²) < 4.78 is 0. The topological polar surface area (TPSA) is 54.9 Å².